The lowest BCUT2D eigenvalue weighted by Crippen LogP contribution is -2.15. The number of alkyl halides is 2. The molecule has 0 bridgehead atoms. The largest absolute Gasteiger partial charge is 0.434 e. The van der Waals surface area contributed by atoms with Crippen molar-refractivity contribution in [2.45, 2.75) is 17.3 Å². The first kappa shape index (κ1) is 20.0. The summed E-state index contributed by atoms with van der Waals surface area (Å²) in [6.07, 6.45) is 1.10. The highest BCUT2D eigenvalue weighted by Gasteiger charge is 2.18. The molecule has 0 saturated heterocycles. The van der Waals surface area contributed by atoms with Crippen molar-refractivity contribution in [1.82, 2.24) is 0 Å². The van der Waals surface area contributed by atoms with Gasteiger partial charge in [-0.2, -0.15) is 8.78 Å². The normalized spacial score (nSPS) is 12.6. The van der Waals surface area contributed by atoms with E-state index in [2.05, 4.69) is 4.74 Å². The maximum Gasteiger partial charge on any atom is 0.387 e. The second-order valence-corrected chi connectivity index (χ2v) is 8.60. The van der Waals surface area contributed by atoms with Gasteiger partial charge < -0.3 is 4.74 Å². The van der Waals surface area contributed by atoms with E-state index in [1.807, 2.05) is 0 Å². The lowest BCUT2D eigenvalue weighted by molar-refractivity contribution is -0.0499. The van der Waals surface area contributed by atoms with Crippen molar-refractivity contribution in [3.05, 3.63) is 65.1 Å². The molecule has 2 aromatic carbocycles. The van der Waals surface area contributed by atoms with Crippen LogP contribution in [0.15, 0.2) is 58.8 Å². The molecule has 0 aromatic heterocycles. The molecule has 0 heterocycles. The van der Waals surface area contributed by atoms with Gasteiger partial charge in [0, 0.05) is 11.0 Å². The van der Waals surface area contributed by atoms with Gasteiger partial charge in [-0.15, -0.1) is 0 Å². The number of ether oxygens (including phenoxy) is 1. The second-order valence-electron chi connectivity index (χ2n) is 5.18. The Hall–Kier alpha value is -2.30. The lowest BCUT2D eigenvalue weighted by Gasteiger charge is -2.08. The van der Waals surface area contributed by atoms with Crippen molar-refractivity contribution in [3.63, 3.8) is 0 Å². The van der Waals surface area contributed by atoms with Gasteiger partial charge >= 0.3 is 6.61 Å². The predicted molar refractivity (Wildman–Crippen MR) is 92.5 cm³/mol. The highest BCUT2D eigenvalue weighted by atomic mass is 32.2. The Morgan fingerprint density at radius 3 is 2.27 bits per heavy atom. The van der Waals surface area contributed by atoms with E-state index in [9.17, 15) is 25.6 Å². The highest BCUT2D eigenvalue weighted by molar-refractivity contribution is 7.93. The van der Waals surface area contributed by atoms with Crippen LogP contribution in [0.2, 0.25) is 0 Å². The molecule has 6 nitrogen and oxygen atoms in total. The topological polar surface area (TPSA) is 104 Å². The van der Waals surface area contributed by atoms with Crippen LogP contribution < -0.4 is 9.88 Å². The molecule has 10 heteroatoms. The van der Waals surface area contributed by atoms with E-state index >= 15 is 0 Å². The fourth-order valence-electron chi connectivity index (χ4n) is 2.16. The minimum absolute atomic E-state index is 0.0109. The number of primary sulfonamides is 1. The van der Waals surface area contributed by atoms with Crippen LogP contribution >= 0.6 is 0 Å². The number of sulfonamides is 1. The maximum absolute atomic E-state index is 12.4. The van der Waals surface area contributed by atoms with Crippen LogP contribution in [-0.4, -0.2) is 23.4 Å². The van der Waals surface area contributed by atoms with E-state index in [1.165, 1.54) is 48.5 Å². The summed E-state index contributed by atoms with van der Waals surface area (Å²) in [5.74, 6) is -0.799. The van der Waals surface area contributed by atoms with Crippen molar-refractivity contribution in [1.29, 1.82) is 0 Å². The molecule has 0 aliphatic rings. The number of hydrogen-bond acceptors (Lipinski definition) is 5. The summed E-state index contributed by atoms with van der Waals surface area (Å²) in [4.78, 5) is -0.293. The van der Waals surface area contributed by atoms with E-state index in [4.69, 9.17) is 5.14 Å². The zero-order valence-electron chi connectivity index (χ0n) is 13.2. The molecule has 140 valence electrons. The van der Waals surface area contributed by atoms with Crippen LogP contribution in [0.25, 0.3) is 6.08 Å². The summed E-state index contributed by atoms with van der Waals surface area (Å²) in [6.45, 7) is -3.05. The van der Waals surface area contributed by atoms with Gasteiger partial charge in [0.15, 0.2) is 9.84 Å². The molecule has 0 radical (unpaired) electrons. The molecular weight excluding hydrogens is 388 g/mol. The lowest BCUT2D eigenvalue weighted by atomic mass is 10.2. The molecule has 0 unspecified atom stereocenters. The predicted octanol–water partition coefficient (Wildman–Crippen LogP) is 2.52. The van der Waals surface area contributed by atoms with Gasteiger partial charge in [-0.3, -0.25) is 0 Å². The zero-order chi connectivity index (χ0) is 19.4. The van der Waals surface area contributed by atoms with E-state index in [0.29, 0.717) is 0 Å². The monoisotopic (exact) mass is 403 g/mol. The van der Waals surface area contributed by atoms with E-state index in [1.54, 1.807) is 0 Å². The van der Waals surface area contributed by atoms with Crippen LogP contribution in [0.1, 0.15) is 11.1 Å². The summed E-state index contributed by atoms with van der Waals surface area (Å²) in [6, 6.07) is 11.1. The minimum Gasteiger partial charge on any atom is -0.434 e. The molecule has 2 aromatic rings. The summed E-state index contributed by atoms with van der Waals surface area (Å²) < 4.78 is 76.7. The quantitative estimate of drug-likeness (QED) is 0.765. The zero-order valence-corrected chi connectivity index (χ0v) is 14.9. The third-order valence-corrected chi connectivity index (χ3v) is 5.50. The second kappa shape index (κ2) is 7.94. The maximum atomic E-state index is 12.4. The number of halogens is 2. The van der Waals surface area contributed by atoms with Crippen molar-refractivity contribution in [2.75, 3.05) is 0 Å². The summed E-state index contributed by atoms with van der Waals surface area (Å²) in [5, 5.41) is 5.89. The van der Waals surface area contributed by atoms with E-state index < -0.39 is 32.2 Å². The van der Waals surface area contributed by atoms with Gasteiger partial charge in [-0.25, -0.2) is 22.0 Å². The Bertz CT molecular complexity index is 1020. The number of nitrogens with two attached hydrogens (primary N) is 1. The van der Waals surface area contributed by atoms with Crippen LogP contribution in [0.3, 0.4) is 0 Å². The van der Waals surface area contributed by atoms with Gasteiger partial charge in [-0.1, -0.05) is 36.4 Å². The number of para-hydroxylation sites is 1. The molecule has 0 aliphatic carbocycles. The van der Waals surface area contributed by atoms with Gasteiger partial charge in [0.05, 0.1) is 10.6 Å². The Balaban J connectivity index is 2.30. The molecule has 2 N–H and O–H groups in total. The molecule has 0 amide bonds. The molecule has 26 heavy (non-hydrogen) atoms. The smallest absolute Gasteiger partial charge is 0.387 e. The van der Waals surface area contributed by atoms with Gasteiger partial charge in [0.25, 0.3) is 0 Å². The first-order chi connectivity index (χ1) is 12.1. The summed E-state index contributed by atoms with van der Waals surface area (Å²) in [7, 11) is -7.99. The summed E-state index contributed by atoms with van der Waals surface area (Å²) in [5.41, 5.74) is 0.146. The number of hydrogen-bond donors (Lipinski definition) is 1. The SMILES string of the molecule is NS(=O)(=O)c1ccccc1CS(=O)(=O)/C=C/c1ccccc1OC(F)F. The van der Waals surface area contributed by atoms with Crippen LogP contribution in [-0.2, 0) is 25.6 Å². The first-order valence-corrected chi connectivity index (χ1v) is 10.4. The standard InChI is InChI=1S/C16H15F2NO5S2/c17-16(18)24-14-7-3-1-5-12(14)9-10-25(20,21)11-13-6-2-4-8-15(13)26(19,22)23/h1-10,16H,11H2,(H2,19,22,23)/b10-9+. The highest BCUT2D eigenvalue weighted by Crippen LogP contribution is 2.23. The number of benzene rings is 2. The summed E-state index contributed by atoms with van der Waals surface area (Å²) >= 11 is 0. The van der Waals surface area contributed by atoms with Crippen LogP contribution in [0, 0.1) is 0 Å². The molecule has 0 spiro atoms. The fraction of sp³-hybridized carbons (Fsp3) is 0.125. The van der Waals surface area contributed by atoms with Crippen molar-refractivity contribution < 1.29 is 30.4 Å². The van der Waals surface area contributed by atoms with Crippen molar-refractivity contribution >= 4 is 25.9 Å². The third kappa shape index (κ3) is 5.61. The van der Waals surface area contributed by atoms with E-state index in [0.717, 1.165) is 11.5 Å². The fourth-order valence-corrected chi connectivity index (χ4v) is 4.16. The Labute approximate surface area is 149 Å². The third-order valence-electron chi connectivity index (χ3n) is 3.23. The van der Waals surface area contributed by atoms with Crippen LogP contribution in [0.4, 0.5) is 8.78 Å². The molecule has 2 rings (SSSR count). The van der Waals surface area contributed by atoms with Crippen molar-refractivity contribution in [2.24, 2.45) is 5.14 Å². The number of rotatable bonds is 7. The Kier molecular flexibility index (Phi) is 6.11. The minimum atomic E-state index is -4.09. The van der Waals surface area contributed by atoms with Crippen molar-refractivity contribution in [3.8, 4) is 5.75 Å². The Morgan fingerprint density at radius 1 is 1.00 bits per heavy atom. The molecule has 0 aliphatic heterocycles. The Morgan fingerprint density at radius 2 is 1.62 bits per heavy atom. The van der Waals surface area contributed by atoms with Crippen LogP contribution in [0.5, 0.6) is 5.75 Å². The number of sulfone groups is 1. The average molecular weight is 403 g/mol. The van der Waals surface area contributed by atoms with Gasteiger partial charge in [0.1, 0.15) is 5.75 Å². The first-order valence-electron chi connectivity index (χ1n) is 7.14. The molecule has 0 fully saturated rings. The van der Waals surface area contributed by atoms with E-state index in [-0.39, 0.29) is 21.8 Å². The molecule has 0 saturated carbocycles. The molecule has 0 atom stereocenters. The molecular formula is C16H15F2NO5S2. The van der Waals surface area contributed by atoms with Gasteiger partial charge in [-0.05, 0) is 23.8 Å². The van der Waals surface area contributed by atoms with Gasteiger partial charge in [0.2, 0.25) is 10.0 Å². The average Bonchev–Trinajstić information content (AvgIpc) is 2.53.